The first-order valence-electron chi connectivity index (χ1n) is 9.20. The van der Waals surface area contributed by atoms with Crippen molar-refractivity contribution in [1.29, 1.82) is 0 Å². The number of esters is 1. The van der Waals surface area contributed by atoms with E-state index in [0.717, 1.165) is 32.5 Å². The summed E-state index contributed by atoms with van der Waals surface area (Å²) in [6.07, 6.45) is 2.74. The number of benzene rings is 1. The Morgan fingerprint density at radius 1 is 1.30 bits per heavy atom. The van der Waals surface area contributed by atoms with Crippen molar-refractivity contribution in [3.05, 3.63) is 29.5 Å². The van der Waals surface area contributed by atoms with Gasteiger partial charge in [0.05, 0.1) is 11.5 Å². The molecule has 1 aliphatic heterocycles. The molecular formula is C19H25NO6S. The van der Waals surface area contributed by atoms with Crippen molar-refractivity contribution in [2.75, 3.05) is 26.4 Å². The van der Waals surface area contributed by atoms with E-state index in [2.05, 4.69) is 4.72 Å². The van der Waals surface area contributed by atoms with Crippen molar-refractivity contribution in [2.24, 2.45) is 5.92 Å². The normalized spacial score (nSPS) is 15.9. The Morgan fingerprint density at radius 2 is 2.04 bits per heavy atom. The van der Waals surface area contributed by atoms with Gasteiger partial charge in [-0.2, -0.15) is 0 Å². The summed E-state index contributed by atoms with van der Waals surface area (Å²) in [5, 5.41) is 0.588. The molecule has 0 atom stereocenters. The van der Waals surface area contributed by atoms with Gasteiger partial charge in [-0.1, -0.05) is 0 Å². The molecule has 27 heavy (non-hydrogen) atoms. The van der Waals surface area contributed by atoms with Crippen LogP contribution in [0.1, 0.15) is 42.3 Å². The van der Waals surface area contributed by atoms with Crippen molar-refractivity contribution >= 4 is 27.0 Å². The van der Waals surface area contributed by atoms with E-state index in [1.807, 2.05) is 0 Å². The van der Waals surface area contributed by atoms with Gasteiger partial charge in [0.1, 0.15) is 5.58 Å². The number of nitrogens with one attached hydrogen (secondary N) is 1. The average molecular weight is 395 g/mol. The number of rotatable bonds is 7. The van der Waals surface area contributed by atoms with E-state index in [1.165, 1.54) is 12.1 Å². The van der Waals surface area contributed by atoms with Gasteiger partial charge < -0.3 is 13.9 Å². The van der Waals surface area contributed by atoms with E-state index < -0.39 is 16.0 Å². The molecule has 7 nitrogen and oxygen atoms in total. The molecule has 1 saturated heterocycles. The predicted octanol–water partition coefficient (Wildman–Crippen LogP) is 3.01. The molecule has 1 aromatic carbocycles. The first kappa shape index (κ1) is 19.9. The highest BCUT2D eigenvalue weighted by Gasteiger charge is 2.22. The summed E-state index contributed by atoms with van der Waals surface area (Å²) in [6, 6.07) is 4.59. The molecule has 8 heteroatoms. The summed E-state index contributed by atoms with van der Waals surface area (Å²) in [6.45, 7) is 5.56. The molecule has 0 radical (unpaired) electrons. The number of sulfonamides is 1. The van der Waals surface area contributed by atoms with Crippen molar-refractivity contribution < 1.29 is 27.1 Å². The summed E-state index contributed by atoms with van der Waals surface area (Å²) < 4.78 is 43.7. The molecule has 1 N–H and O–H groups in total. The third kappa shape index (κ3) is 4.51. The van der Waals surface area contributed by atoms with Crippen LogP contribution >= 0.6 is 0 Å². The molecule has 1 fully saturated rings. The van der Waals surface area contributed by atoms with Crippen LogP contribution in [0, 0.1) is 12.8 Å². The summed E-state index contributed by atoms with van der Waals surface area (Å²) in [7, 11) is -3.63. The molecule has 2 aromatic rings. The Labute approximate surface area is 159 Å². The third-order valence-corrected chi connectivity index (χ3v) is 6.32. The highest BCUT2D eigenvalue weighted by Crippen LogP contribution is 2.28. The summed E-state index contributed by atoms with van der Waals surface area (Å²) in [5.74, 6) is 0.0475. The number of aryl methyl sites for hydroxylation is 1. The molecule has 3 rings (SSSR count). The van der Waals surface area contributed by atoms with Gasteiger partial charge in [-0.25, -0.2) is 17.9 Å². The highest BCUT2D eigenvalue weighted by atomic mass is 32.2. The number of ether oxygens (including phenoxy) is 2. The van der Waals surface area contributed by atoms with E-state index in [4.69, 9.17) is 13.9 Å². The molecule has 0 bridgehead atoms. The van der Waals surface area contributed by atoms with Crippen LogP contribution in [0.5, 0.6) is 0 Å². The van der Waals surface area contributed by atoms with Gasteiger partial charge in [0.15, 0.2) is 0 Å². The van der Waals surface area contributed by atoms with Gasteiger partial charge in [0.2, 0.25) is 15.8 Å². The number of fused-ring (bicyclic) bond motifs is 1. The predicted molar refractivity (Wildman–Crippen MR) is 100 cm³/mol. The van der Waals surface area contributed by atoms with Crippen LogP contribution in [0.25, 0.3) is 11.0 Å². The van der Waals surface area contributed by atoms with Gasteiger partial charge in [0.25, 0.3) is 0 Å². The van der Waals surface area contributed by atoms with E-state index in [-0.39, 0.29) is 17.3 Å². The molecule has 148 valence electrons. The zero-order chi connectivity index (χ0) is 19.4. The Balaban J connectivity index is 1.74. The van der Waals surface area contributed by atoms with Gasteiger partial charge >= 0.3 is 5.97 Å². The second-order valence-corrected chi connectivity index (χ2v) is 8.44. The van der Waals surface area contributed by atoms with Crippen molar-refractivity contribution in [3.63, 3.8) is 0 Å². The number of furan rings is 1. The number of hydrogen-bond donors (Lipinski definition) is 1. The second-order valence-electron chi connectivity index (χ2n) is 6.68. The third-order valence-electron chi connectivity index (χ3n) is 4.86. The van der Waals surface area contributed by atoms with Crippen LogP contribution in [0.3, 0.4) is 0 Å². The SMILES string of the molecule is CCOC(=O)c1oc2ccc(S(=O)(=O)NCCC3CCOCC3)cc2c1C. The second kappa shape index (κ2) is 8.41. The van der Waals surface area contributed by atoms with Crippen LogP contribution < -0.4 is 4.72 Å². The minimum absolute atomic E-state index is 0.105. The zero-order valence-electron chi connectivity index (χ0n) is 15.6. The lowest BCUT2D eigenvalue weighted by molar-refractivity contribution is 0.0491. The molecule has 1 aliphatic rings. The first-order chi connectivity index (χ1) is 12.9. The largest absolute Gasteiger partial charge is 0.460 e. The standard InChI is InChI=1S/C19H25NO6S/c1-3-25-19(21)18-13(2)16-12-15(4-5-17(16)26-18)27(22,23)20-9-6-14-7-10-24-11-8-14/h4-5,12,14,20H,3,6-11H2,1-2H3. The van der Waals surface area contributed by atoms with E-state index in [0.29, 0.717) is 29.0 Å². The highest BCUT2D eigenvalue weighted by molar-refractivity contribution is 7.89. The zero-order valence-corrected chi connectivity index (χ0v) is 16.4. The van der Waals surface area contributed by atoms with E-state index in [1.54, 1.807) is 19.9 Å². The van der Waals surface area contributed by atoms with Gasteiger partial charge in [-0.15, -0.1) is 0 Å². The number of carbonyl (C=O) groups excluding carboxylic acids is 1. The van der Waals surface area contributed by atoms with Gasteiger partial charge in [0, 0.05) is 30.7 Å². The molecule has 1 aromatic heterocycles. The van der Waals surface area contributed by atoms with Crippen molar-refractivity contribution in [1.82, 2.24) is 4.72 Å². The van der Waals surface area contributed by atoms with E-state index in [9.17, 15) is 13.2 Å². The number of carbonyl (C=O) groups is 1. The minimum atomic E-state index is -3.63. The maximum Gasteiger partial charge on any atom is 0.374 e. The molecule has 0 amide bonds. The summed E-state index contributed by atoms with van der Waals surface area (Å²) in [5.41, 5.74) is 1.03. The van der Waals surface area contributed by atoms with Crippen LogP contribution in [0.4, 0.5) is 0 Å². The van der Waals surface area contributed by atoms with Crippen molar-refractivity contribution in [3.8, 4) is 0 Å². The summed E-state index contributed by atoms with van der Waals surface area (Å²) in [4.78, 5) is 12.1. The monoisotopic (exact) mass is 395 g/mol. The quantitative estimate of drug-likeness (QED) is 0.724. The topological polar surface area (TPSA) is 94.8 Å². The average Bonchev–Trinajstić information content (AvgIpc) is 2.99. The molecule has 0 aliphatic carbocycles. The first-order valence-corrected chi connectivity index (χ1v) is 10.7. The lowest BCUT2D eigenvalue weighted by Gasteiger charge is -2.21. The van der Waals surface area contributed by atoms with E-state index >= 15 is 0 Å². The van der Waals surface area contributed by atoms with Crippen LogP contribution in [-0.4, -0.2) is 40.8 Å². The minimum Gasteiger partial charge on any atom is -0.460 e. The van der Waals surface area contributed by atoms with Gasteiger partial charge in [-0.05, 0) is 57.2 Å². The molecule has 0 unspecified atom stereocenters. The fourth-order valence-electron chi connectivity index (χ4n) is 3.27. The lowest BCUT2D eigenvalue weighted by Crippen LogP contribution is -2.27. The van der Waals surface area contributed by atoms with Crippen LogP contribution in [-0.2, 0) is 19.5 Å². The molecular weight excluding hydrogens is 370 g/mol. The van der Waals surface area contributed by atoms with Crippen molar-refractivity contribution in [2.45, 2.75) is 38.0 Å². The molecule has 0 spiro atoms. The number of hydrogen-bond acceptors (Lipinski definition) is 6. The Kier molecular flexibility index (Phi) is 6.18. The molecule has 2 heterocycles. The summed E-state index contributed by atoms with van der Waals surface area (Å²) >= 11 is 0. The van der Waals surface area contributed by atoms with Crippen LogP contribution in [0.15, 0.2) is 27.5 Å². The maximum absolute atomic E-state index is 12.6. The van der Waals surface area contributed by atoms with Crippen LogP contribution in [0.2, 0.25) is 0 Å². The Bertz CT molecular complexity index is 912. The van der Waals surface area contributed by atoms with Gasteiger partial charge in [-0.3, -0.25) is 0 Å². The Morgan fingerprint density at radius 3 is 2.74 bits per heavy atom. The smallest absolute Gasteiger partial charge is 0.374 e. The lowest BCUT2D eigenvalue weighted by atomic mass is 9.97. The maximum atomic E-state index is 12.6. The molecule has 0 saturated carbocycles. The Hall–Kier alpha value is -1.90. The fourth-order valence-corrected chi connectivity index (χ4v) is 4.35. The fraction of sp³-hybridized carbons (Fsp3) is 0.526.